The summed E-state index contributed by atoms with van der Waals surface area (Å²) in [6.45, 7) is 2.94. The van der Waals surface area contributed by atoms with Crippen molar-refractivity contribution in [2.75, 3.05) is 0 Å². The Kier molecular flexibility index (Phi) is 3.05. The number of aryl methyl sites for hydroxylation is 1. The standard InChI is InChI=1S/C9H10BrN5/c1-2-3-15-8(5-13-14-15)7-4-9(10)12-6-11-7/h4-6H,2-3H2,1H3. The van der Waals surface area contributed by atoms with Crippen LogP contribution in [0.3, 0.4) is 0 Å². The van der Waals surface area contributed by atoms with Crippen molar-refractivity contribution in [3.05, 3.63) is 23.2 Å². The number of aromatic nitrogens is 5. The first kappa shape index (κ1) is 10.2. The number of hydrogen-bond acceptors (Lipinski definition) is 4. The third-order valence-electron chi connectivity index (χ3n) is 1.95. The van der Waals surface area contributed by atoms with Crippen molar-refractivity contribution in [2.45, 2.75) is 19.9 Å². The average Bonchev–Trinajstić information content (AvgIpc) is 2.66. The van der Waals surface area contributed by atoms with Gasteiger partial charge in [-0.25, -0.2) is 14.6 Å². The summed E-state index contributed by atoms with van der Waals surface area (Å²) in [4.78, 5) is 8.16. The maximum absolute atomic E-state index is 4.18. The molecule has 6 heteroatoms. The fraction of sp³-hybridized carbons (Fsp3) is 0.333. The van der Waals surface area contributed by atoms with Gasteiger partial charge in [-0.3, -0.25) is 0 Å². The summed E-state index contributed by atoms with van der Waals surface area (Å²) in [5.41, 5.74) is 1.75. The van der Waals surface area contributed by atoms with Crippen LogP contribution in [-0.4, -0.2) is 25.0 Å². The maximum atomic E-state index is 4.18. The fourth-order valence-electron chi connectivity index (χ4n) is 1.31. The third kappa shape index (κ3) is 2.20. The first-order valence-corrected chi connectivity index (χ1v) is 5.47. The highest BCUT2D eigenvalue weighted by Gasteiger charge is 2.07. The van der Waals surface area contributed by atoms with Crippen LogP contribution in [0.5, 0.6) is 0 Å². The lowest BCUT2D eigenvalue weighted by atomic mass is 10.3. The van der Waals surface area contributed by atoms with Crippen LogP contribution in [-0.2, 0) is 6.54 Å². The van der Waals surface area contributed by atoms with Gasteiger partial charge in [0.15, 0.2) is 0 Å². The van der Waals surface area contributed by atoms with Crippen LogP contribution in [0.15, 0.2) is 23.2 Å². The highest BCUT2D eigenvalue weighted by molar-refractivity contribution is 9.10. The summed E-state index contributed by atoms with van der Waals surface area (Å²) in [6, 6.07) is 1.85. The van der Waals surface area contributed by atoms with Gasteiger partial charge in [-0.05, 0) is 28.4 Å². The Labute approximate surface area is 95.7 Å². The molecule has 0 spiro atoms. The molecule has 0 N–H and O–H groups in total. The highest BCUT2D eigenvalue weighted by Crippen LogP contribution is 2.17. The summed E-state index contributed by atoms with van der Waals surface area (Å²) in [5, 5.41) is 7.89. The second kappa shape index (κ2) is 4.48. The average molecular weight is 268 g/mol. The van der Waals surface area contributed by atoms with Crippen molar-refractivity contribution in [3.63, 3.8) is 0 Å². The Balaban J connectivity index is 2.40. The van der Waals surface area contributed by atoms with Gasteiger partial charge >= 0.3 is 0 Å². The molecule has 0 unspecified atom stereocenters. The van der Waals surface area contributed by atoms with Crippen LogP contribution in [0.1, 0.15) is 13.3 Å². The van der Waals surface area contributed by atoms with E-state index in [4.69, 9.17) is 0 Å². The van der Waals surface area contributed by atoms with Gasteiger partial charge in [0.2, 0.25) is 0 Å². The van der Waals surface area contributed by atoms with Crippen LogP contribution in [0.25, 0.3) is 11.4 Å². The fourth-order valence-corrected chi connectivity index (χ4v) is 1.62. The topological polar surface area (TPSA) is 56.5 Å². The van der Waals surface area contributed by atoms with Crippen LogP contribution in [0, 0.1) is 0 Å². The van der Waals surface area contributed by atoms with E-state index in [1.54, 1.807) is 6.20 Å². The maximum Gasteiger partial charge on any atom is 0.117 e. The Bertz CT molecular complexity index is 453. The Morgan fingerprint density at radius 3 is 3.00 bits per heavy atom. The molecule has 0 saturated carbocycles. The van der Waals surface area contributed by atoms with Crippen molar-refractivity contribution >= 4 is 15.9 Å². The minimum Gasteiger partial charge on any atom is -0.243 e. The Hall–Kier alpha value is -1.30. The second-order valence-corrected chi connectivity index (χ2v) is 3.88. The molecule has 78 valence electrons. The van der Waals surface area contributed by atoms with Gasteiger partial charge in [-0.2, -0.15) is 0 Å². The van der Waals surface area contributed by atoms with Crippen LogP contribution in [0.4, 0.5) is 0 Å². The molecule has 0 aliphatic heterocycles. The summed E-state index contributed by atoms with van der Waals surface area (Å²) in [5.74, 6) is 0. The molecule has 2 heterocycles. The lowest BCUT2D eigenvalue weighted by Gasteiger charge is -2.03. The first-order chi connectivity index (χ1) is 7.31. The van der Waals surface area contributed by atoms with E-state index >= 15 is 0 Å². The van der Waals surface area contributed by atoms with Gasteiger partial charge in [-0.1, -0.05) is 12.1 Å². The van der Waals surface area contributed by atoms with Crippen LogP contribution < -0.4 is 0 Å². The molecule has 5 nitrogen and oxygen atoms in total. The van der Waals surface area contributed by atoms with Crippen LogP contribution in [0.2, 0.25) is 0 Å². The lowest BCUT2D eigenvalue weighted by molar-refractivity contribution is 0.583. The monoisotopic (exact) mass is 267 g/mol. The molecular weight excluding hydrogens is 258 g/mol. The number of hydrogen-bond donors (Lipinski definition) is 0. The summed E-state index contributed by atoms with van der Waals surface area (Å²) < 4.78 is 2.60. The SMILES string of the molecule is CCCn1nncc1-c1cc(Br)ncn1. The first-order valence-electron chi connectivity index (χ1n) is 4.67. The largest absolute Gasteiger partial charge is 0.243 e. The van der Waals surface area contributed by atoms with Gasteiger partial charge in [0.25, 0.3) is 0 Å². The van der Waals surface area contributed by atoms with E-state index in [1.165, 1.54) is 6.33 Å². The normalized spacial score (nSPS) is 10.5. The number of rotatable bonds is 3. The molecule has 2 rings (SSSR count). The molecule has 0 radical (unpaired) electrons. The molecule has 0 aromatic carbocycles. The van der Waals surface area contributed by atoms with E-state index < -0.39 is 0 Å². The molecule has 15 heavy (non-hydrogen) atoms. The highest BCUT2D eigenvalue weighted by atomic mass is 79.9. The van der Waals surface area contributed by atoms with Gasteiger partial charge in [-0.15, -0.1) is 5.10 Å². The predicted molar refractivity (Wildman–Crippen MR) is 59.0 cm³/mol. The molecule has 0 atom stereocenters. The van der Waals surface area contributed by atoms with Crippen molar-refractivity contribution in [3.8, 4) is 11.4 Å². The second-order valence-electron chi connectivity index (χ2n) is 3.07. The minimum atomic E-state index is 0.761. The lowest BCUT2D eigenvalue weighted by Crippen LogP contribution is -2.02. The molecule has 0 saturated heterocycles. The quantitative estimate of drug-likeness (QED) is 0.798. The van der Waals surface area contributed by atoms with Crippen molar-refractivity contribution in [2.24, 2.45) is 0 Å². The third-order valence-corrected chi connectivity index (χ3v) is 2.38. The van der Waals surface area contributed by atoms with E-state index in [0.29, 0.717) is 0 Å². The van der Waals surface area contributed by atoms with Gasteiger partial charge < -0.3 is 0 Å². The zero-order chi connectivity index (χ0) is 10.7. The van der Waals surface area contributed by atoms with E-state index in [0.717, 1.165) is 29.0 Å². The van der Waals surface area contributed by atoms with Gasteiger partial charge in [0.05, 0.1) is 11.9 Å². The summed E-state index contributed by atoms with van der Waals surface area (Å²) in [6.07, 6.45) is 4.25. The summed E-state index contributed by atoms with van der Waals surface area (Å²) >= 11 is 3.31. The van der Waals surface area contributed by atoms with E-state index in [9.17, 15) is 0 Å². The predicted octanol–water partition coefficient (Wildman–Crippen LogP) is 1.91. The molecule has 2 aromatic rings. The molecule has 0 amide bonds. The molecule has 2 aromatic heterocycles. The molecule has 0 bridgehead atoms. The summed E-state index contributed by atoms with van der Waals surface area (Å²) in [7, 11) is 0. The molecule has 0 aliphatic rings. The van der Waals surface area contributed by atoms with E-state index in [1.807, 2.05) is 10.7 Å². The molecular formula is C9H10BrN5. The zero-order valence-corrected chi connectivity index (χ0v) is 9.85. The minimum absolute atomic E-state index is 0.761. The Morgan fingerprint density at radius 1 is 1.40 bits per heavy atom. The van der Waals surface area contributed by atoms with E-state index in [-0.39, 0.29) is 0 Å². The Morgan fingerprint density at radius 2 is 2.27 bits per heavy atom. The van der Waals surface area contributed by atoms with Crippen molar-refractivity contribution in [1.82, 2.24) is 25.0 Å². The number of nitrogens with zero attached hydrogens (tertiary/aromatic N) is 5. The van der Waals surface area contributed by atoms with Crippen molar-refractivity contribution < 1.29 is 0 Å². The molecule has 0 fully saturated rings. The van der Waals surface area contributed by atoms with Crippen molar-refractivity contribution in [1.29, 1.82) is 0 Å². The van der Waals surface area contributed by atoms with Gasteiger partial charge in [0.1, 0.15) is 16.6 Å². The van der Waals surface area contributed by atoms with Gasteiger partial charge in [0, 0.05) is 6.54 Å². The van der Waals surface area contributed by atoms with E-state index in [2.05, 4.69) is 43.1 Å². The zero-order valence-electron chi connectivity index (χ0n) is 8.26. The smallest absolute Gasteiger partial charge is 0.117 e. The van der Waals surface area contributed by atoms with Crippen LogP contribution >= 0.6 is 15.9 Å². The molecule has 0 aliphatic carbocycles. The number of halogens is 1.